The largest absolute Gasteiger partial charge is 0.508 e. The summed E-state index contributed by atoms with van der Waals surface area (Å²) in [6.45, 7) is 5.65. The average molecular weight is 515 g/mol. The molecule has 0 bridgehead atoms. The van der Waals surface area contributed by atoms with Gasteiger partial charge in [0.25, 0.3) is 5.91 Å². The van der Waals surface area contributed by atoms with Crippen LogP contribution in [0.2, 0.25) is 0 Å². The molecule has 4 rings (SSSR count). The molecule has 0 aliphatic heterocycles. The van der Waals surface area contributed by atoms with E-state index in [4.69, 9.17) is 0 Å². The van der Waals surface area contributed by atoms with Crippen LogP contribution in [0.1, 0.15) is 68.3 Å². The highest BCUT2D eigenvalue weighted by molar-refractivity contribution is 6.00. The number of aromatic nitrogens is 2. The molecule has 38 heavy (non-hydrogen) atoms. The summed E-state index contributed by atoms with van der Waals surface area (Å²) in [6, 6.07) is 13.8. The Morgan fingerprint density at radius 2 is 1.74 bits per heavy atom. The molecule has 0 unspecified atom stereocenters. The van der Waals surface area contributed by atoms with Crippen molar-refractivity contribution in [2.75, 3.05) is 13.1 Å². The molecule has 2 heterocycles. The summed E-state index contributed by atoms with van der Waals surface area (Å²) in [7, 11) is 0. The first-order chi connectivity index (χ1) is 18.5. The van der Waals surface area contributed by atoms with Crippen molar-refractivity contribution in [2.24, 2.45) is 0 Å². The summed E-state index contributed by atoms with van der Waals surface area (Å²) in [5.74, 6) is -0.242. The second-order valence-electron chi connectivity index (χ2n) is 9.93. The summed E-state index contributed by atoms with van der Waals surface area (Å²) in [5.41, 5.74) is 2.97. The maximum Gasteiger partial charge on any atom is 0.253 e. The topological polar surface area (TPSA) is 98.3 Å². The lowest BCUT2D eigenvalue weighted by Crippen LogP contribution is -2.50. The number of carbonyl (C=O) groups excluding carboxylic acids is 2. The SMILES string of the molecule is CCCCCN(CCCCC)C(=O)[C@H](Cc1c[nH]c2ccc(O)cc12)NC(=O)c1cnc2ccccc2c1. The summed E-state index contributed by atoms with van der Waals surface area (Å²) in [5, 5.41) is 14.8. The highest BCUT2D eigenvalue weighted by Crippen LogP contribution is 2.24. The Balaban J connectivity index is 1.62. The zero-order valence-corrected chi connectivity index (χ0v) is 22.4. The van der Waals surface area contributed by atoms with Crippen molar-refractivity contribution in [3.8, 4) is 5.75 Å². The van der Waals surface area contributed by atoms with Gasteiger partial charge in [0.05, 0.1) is 11.1 Å². The standard InChI is InChI=1S/C31H38N4O3/c1-3-5-9-15-35(16-10-6-4-2)31(38)29(18-23-20-33-28-14-13-25(36)19-26(23)28)34-30(37)24-17-22-11-7-8-12-27(22)32-21-24/h7-8,11-14,17,19-21,29,33,36H,3-6,9-10,15-16,18H2,1-2H3,(H,34,37)/t29-/m0/s1. The number of hydrogen-bond donors (Lipinski definition) is 3. The molecule has 0 saturated heterocycles. The minimum Gasteiger partial charge on any atom is -0.508 e. The van der Waals surface area contributed by atoms with Crippen LogP contribution < -0.4 is 5.32 Å². The number of aromatic amines is 1. The first-order valence-electron chi connectivity index (χ1n) is 13.7. The Morgan fingerprint density at radius 3 is 2.47 bits per heavy atom. The van der Waals surface area contributed by atoms with Gasteiger partial charge in [0.2, 0.25) is 5.91 Å². The smallest absolute Gasteiger partial charge is 0.253 e. The quantitative estimate of drug-likeness (QED) is 0.191. The molecule has 7 heteroatoms. The maximum absolute atomic E-state index is 14.0. The van der Waals surface area contributed by atoms with Gasteiger partial charge in [-0.3, -0.25) is 14.6 Å². The van der Waals surface area contributed by atoms with E-state index in [0.717, 1.165) is 65.9 Å². The molecule has 2 aromatic heterocycles. The number of para-hydroxylation sites is 1. The van der Waals surface area contributed by atoms with Crippen molar-refractivity contribution in [1.82, 2.24) is 20.2 Å². The highest BCUT2D eigenvalue weighted by atomic mass is 16.3. The third-order valence-electron chi connectivity index (χ3n) is 7.01. The minimum absolute atomic E-state index is 0.0752. The van der Waals surface area contributed by atoms with E-state index >= 15 is 0 Å². The Morgan fingerprint density at radius 1 is 1.00 bits per heavy atom. The molecule has 1 atom stereocenters. The predicted molar refractivity (Wildman–Crippen MR) is 152 cm³/mol. The van der Waals surface area contributed by atoms with Crippen molar-refractivity contribution >= 4 is 33.6 Å². The van der Waals surface area contributed by atoms with Crippen molar-refractivity contribution < 1.29 is 14.7 Å². The molecule has 0 spiro atoms. The molecule has 0 radical (unpaired) electrons. The fourth-order valence-electron chi connectivity index (χ4n) is 4.85. The number of pyridine rings is 1. The second kappa shape index (κ2) is 13.1. The Bertz CT molecular complexity index is 1370. The van der Waals surface area contributed by atoms with Crippen molar-refractivity contribution in [1.29, 1.82) is 0 Å². The van der Waals surface area contributed by atoms with Crippen LogP contribution in [0.4, 0.5) is 0 Å². The summed E-state index contributed by atoms with van der Waals surface area (Å²) < 4.78 is 0. The van der Waals surface area contributed by atoms with Crippen LogP contribution in [-0.2, 0) is 11.2 Å². The third kappa shape index (κ3) is 6.71. The lowest BCUT2D eigenvalue weighted by molar-refractivity contribution is -0.133. The van der Waals surface area contributed by atoms with E-state index in [-0.39, 0.29) is 17.6 Å². The van der Waals surface area contributed by atoms with Crippen LogP contribution in [-0.4, -0.2) is 50.9 Å². The van der Waals surface area contributed by atoms with Gasteiger partial charge in [0.1, 0.15) is 11.8 Å². The van der Waals surface area contributed by atoms with E-state index in [9.17, 15) is 14.7 Å². The molecule has 0 saturated carbocycles. The van der Waals surface area contributed by atoms with Crippen LogP contribution >= 0.6 is 0 Å². The molecule has 3 N–H and O–H groups in total. The number of unbranched alkanes of at least 4 members (excludes halogenated alkanes) is 4. The van der Waals surface area contributed by atoms with Gasteiger partial charge in [-0.1, -0.05) is 57.7 Å². The zero-order valence-electron chi connectivity index (χ0n) is 22.4. The van der Waals surface area contributed by atoms with E-state index < -0.39 is 6.04 Å². The van der Waals surface area contributed by atoms with Gasteiger partial charge in [-0.2, -0.15) is 0 Å². The number of hydrogen-bond acceptors (Lipinski definition) is 4. The molecule has 2 aromatic carbocycles. The normalized spacial score (nSPS) is 12.1. The Labute approximate surface area is 224 Å². The van der Waals surface area contributed by atoms with Crippen molar-refractivity contribution in [2.45, 2.75) is 64.8 Å². The lowest BCUT2D eigenvalue weighted by Gasteiger charge is -2.28. The van der Waals surface area contributed by atoms with E-state index in [0.29, 0.717) is 25.1 Å². The number of nitrogens with zero attached hydrogens (tertiary/aromatic N) is 2. The third-order valence-corrected chi connectivity index (χ3v) is 7.01. The summed E-state index contributed by atoms with van der Waals surface area (Å²) >= 11 is 0. The molecule has 0 fully saturated rings. The van der Waals surface area contributed by atoms with E-state index in [2.05, 4.69) is 29.1 Å². The number of nitrogens with one attached hydrogen (secondary N) is 2. The van der Waals surface area contributed by atoms with Gasteiger partial charge in [0, 0.05) is 48.2 Å². The monoisotopic (exact) mass is 514 g/mol. The number of phenolic OH excluding ortho intramolecular Hbond substituents is 1. The first kappa shape index (κ1) is 27.2. The first-order valence-corrected chi connectivity index (χ1v) is 13.7. The minimum atomic E-state index is -0.751. The molecular weight excluding hydrogens is 476 g/mol. The van der Waals surface area contributed by atoms with Crippen LogP contribution in [0.3, 0.4) is 0 Å². The molecule has 200 valence electrons. The Kier molecular flexibility index (Phi) is 9.35. The summed E-state index contributed by atoms with van der Waals surface area (Å²) in [4.78, 5) is 37.0. The number of H-pyrrole nitrogens is 1. The fraction of sp³-hybridized carbons (Fsp3) is 0.387. The van der Waals surface area contributed by atoms with Gasteiger partial charge in [-0.15, -0.1) is 0 Å². The predicted octanol–water partition coefficient (Wildman–Crippen LogP) is 5.97. The van der Waals surface area contributed by atoms with E-state index in [1.54, 1.807) is 18.3 Å². The number of rotatable bonds is 13. The summed E-state index contributed by atoms with van der Waals surface area (Å²) in [6.07, 6.45) is 9.85. The molecule has 4 aromatic rings. The Hall–Kier alpha value is -3.87. The van der Waals surface area contributed by atoms with E-state index in [1.807, 2.05) is 47.5 Å². The number of carbonyl (C=O) groups is 2. The fourth-order valence-corrected chi connectivity index (χ4v) is 4.85. The number of fused-ring (bicyclic) bond motifs is 2. The molecule has 2 amide bonds. The van der Waals surface area contributed by atoms with Gasteiger partial charge in [-0.25, -0.2) is 0 Å². The van der Waals surface area contributed by atoms with Gasteiger partial charge < -0.3 is 20.3 Å². The molecule has 7 nitrogen and oxygen atoms in total. The average Bonchev–Trinajstić information content (AvgIpc) is 3.32. The highest BCUT2D eigenvalue weighted by Gasteiger charge is 2.27. The van der Waals surface area contributed by atoms with Crippen LogP contribution in [0.25, 0.3) is 21.8 Å². The van der Waals surface area contributed by atoms with E-state index in [1.165, 1.54) is 0 Å². The van der Waals surface area contributed by atoms with Crippen LogP contribution in [0.15, 0.2) is 60.9 Å². The number of amides is 2. The molecular formula is C31H38N4O3. The molecule has 0 aliphatic rings. The van der Waals surface area contributed by atoms with Crippen LogP contribution in [0, 0.1) is 0 Å². The lowest BCUT2D eigenvalue weighted by atomic mass is 10.0. The second-order valence-corrected chi connectivity index (χ2v) is 9.93. The van der Waals surface area contributed by atoms with Gasteiger partial charge in [0.15, 0.2) is 0 Å². The van der Waals surface area contributed by atoms with Gasteiger partial charge in [-0.05, 0) is 48.7 Å². The van der Waals surface area contributed by atoms with Crippen molar-refractivity contribution in [3.05, 3.63) is 72.1 Å². The number of aromatic hydroxyl groups is 1. The zero-order chi connectivity index (χ0) is 26.9. The van der Waals surface area contributed by atoms with Gasteiger partial charge >= 0.3 is 0 Å². The molecule has 0 aliphatic carbocycles. The maximum atomic E-state index is 14.0. The van der Waals surface area contributed by atoms with Crippen LogP contribution in [0.5, 0.6) is 5.75 Å². The van der Waals surface area contributed by atoms with Crippen molar-refractivity contribution in [3.63, 3.8) is 0 Å². The number of benzene rings is 2. The number of phenols is 1.